The molecule has 8 nitrogen and oxygen atoms in total. The van der Waals surface area contributed by atoms with Crippen LogP contribution < -0.4 is 19.5 Å². The second-order valence-electron chi connectivity index (χ2n) is 10.1. The fourth-order valence-electron chi connectivity index (χ4n) is 5.41. The van der Waals surface area contributed by atoms with Crippen LogP contribution in [0.1, 0.15) is 63.5 Å². The Balaban J connectivity index is 1.61. The van der Waals surface area contributed by atoms with Gasteiger partial charge in [0, 0.05) is 23.4 Å². The van der Waals surface area contributed by atoms with Crippen molar-refractivity contribution in [1.82, 2.24) is 5.32 Å². The first kappa shape index (κ1) is 30.2. The molecule has 9 heteroatoms. The molecule has 1 N–H and O–H groups in total. The molecule has 0 saturated carbocycles. The predicted octanol–water partition coefficient (Wildman–Crippen LogP) is 6.50. The van der Waals surface area contributed by atoms with E-state index in [1.54, 1.807) is 12.1 Å². The first-order chi connectivity index (χ1) is 19.8. The summed E-state index contributed by atoms with van der Waals surface area (Å²) in [4.78, 5) is 24.8. The number of carbonyl (C=O) groups is 2. The molecular formula is C32H35BrN2O6. The Bertz CT molecular complexity index is 1410. The number of allylic oxidation sites excluding steroid dienone is 4. The van der Waals surface area contributed by atoms with Crippen molar-refractivity contribution in [3.05, 3.63) is 74.5 Å². The number of methoxy groups -OCH3 is 1. The van der Waals surface area contributed by atoms with E-state index in [2.05, 4.69) is 39.0 Å². The van der Waals surface area contributed by atoms with E-state index in [0.717, 1.165) is 41.8 Å². The quantitative estimate of drug-likeness (QED) is 0.283. The number of hydrogen-bond donors (Lipinski definition) is 1. The fourth-order valence-corrected chi connectivity index (χ4v) is 5.98. The van der Waals surface area contributed by atoms with E-state index < -0.39 is 11.9 Å². The van der Waals surface area contributed by atoms with Crippen LogP contribution in [-0.2, 0) is 20.9 Å². The van der Waals surface area contributed by atoms with Crippen molar-refractivity contribution in [2.45, 2.75) is 59.0 Å². The molecule has 0 amide bonds. The number of dihydropyridines is 1. The molecule has 41 heavy (non-hydrogen) atoms. The van der Waals surface area contributed by atoms with Gasteiger partial charge in [-0.2, -0.15) is 5.26 Å². The van der Waals surface area contributed by atoms with Gasteiger partial charge in [0.2, 0.25) is 0 Å². The maximum absolute atomic E-state index is 13.5. The largest absolute Gasteiger partial charge is 0.490 e. The summed E-state index contributed by atoms with van der Waals surface area (Å²) >= 11 is 3.67. The second-order valence-corrected chi connectivity index (χ2v) is 11.0. The van der Waals surface area contributed by atoms with Gasteiger partial charge >= 0.3 is 5.97 Å². The SMILES string of the molecule is CCCC1CC(=O)C2=C(C1)NC(C)=C(C#N)C2c1cc(Br)c(OCc2ccc(OCC(=O)OC)cc2)c(OCC)c1. The lowest BCUT2D eigenvalue weighted by Gasteiger charge is -2.35. The lowest BCUT2D eigenvalue weighted by atomic mass is 9.72. The highest BCUT2D eigenvalue weighted by Gasteiger charge is 2.39. The number of benzene rings is 2. The topological polar surface area (TPSA) is 107 Å². The Morgan fingerprint density at radius 1 is 1.12 bits per heavy atom. The van der Waals surface area contributed by atoms with Crippen LogP contribution in [0.15, 0.2) is 63.4 Å². The molecule has 0 fully saturated rings. The summed E-state index contributed by atoms with van der Waals surface area (Å²) in [5, 5.41) is 13.5. The van der Waals surface area contributed by atoms with E-state index in [1.165, 1.54) is 7.11 Å². The van der Waals surface area contributed by atoms with Gasteiger partial charge in [-0.3, -0.25) is 4.79 Å². The van der Waals surface area contributed by atoms with E-state index in [-0.39, 0.29) is 19.0 Å². The number of hydrogen-bond acceptors (Lipinski definition) is 8. The Kier molecular flexibility index (Phi) is 10.1. The number of halogens is 1. The number of ether oxygens (including phenoxy) is 4. The van der Waals surface area contributed by atoms with Gasteiger partial charge in [0.1, 0.15) is 12.4 Å². The normalized spacial score (nSPS) is 18.3. The van der Waals surface area contributed by atoms with Gasteiger partial charge in [-0.05, 0) is 83.9 Å². The average molecular weight is 624 g/mol. The Hall–Kier alpha value is -3.77. The van der Waals surface area contributed by atoms with Crippen LogP contribution in [0.4, 0.5) is 0 Å². The number of ketones is 1. The molecule has 2 atom stereocenters. The monoisotopic (exact) mass is 622 g/mol. The zero-order chi connectivity index (χ0) is 29.5. The molecule has 1 aliphatic carbocycles. The van der Waals surface area contributed by atoms with Gasteiger partial charge in [0.15, 0.2) is 23.9 Å². The van der Waals surface area contributed by atoms with E-state index in [9.17, 15) is 14.9 Å². The molecule has 2 unspecified atom stereocenters. The van der Waals surface area contributed by atoms with Crippen molar-refractivity contribution in [1.29, 1.82) is 5.26 Å². The summed E-state index contributed by atoms with van der Waals surface area (Å²) in [6, 6.07) is 13.4. The molecule has 2 aromatic rings. The Labute approximate surface area is 249 Å². The van der Waals surface area contributed by atoms with E-state index >= 15 is 0 Å². The maximum atomic E-state index is 13.5. The zero-order valence-corrected chi connectivity index (χ0v) is 25.4. The van der Waals surface area contributed by atoms with Crippen LogP contribution in [0.2, 0.25) is 0 Å². The van der Waals surface area contributed by atoms with E-state index in [4.69, 9.17) is 14.2 Å². The van der Waals surface area contributed by atoms with Gasteiger partial charge < -0.3 is 24.3 Å². The number of esters is 1. The standard InChI is InChI=1S/C32H35BrN2O6/c1-5-7-21-12-26-31(27(36)13-21)30(24(16-34)19(3)35-26)22-14-25(33)32(28(15-22)39-6-2)41-17-20-8-10-23(11-9-20)40-18-29(37)38-4/h8-11,14-15,21,30,35H,5-7,12-13,17-18H2,1-4H3. The number of nitrogens with zero attached hydrogens (tertiary/aromatic N) is 1. The lowest BCUT2D eigenvalue weighted by molar-refractivity contribution is -0.142. The van der Waals surface area contributed by atoms with Crippen LogP contribution in [0, 0.1) is 17.2 Å². The predicted molar refractivity (Wildman–Crippen MR) is 157 cm³/mol. The number of nitrogens with one attached hydrogen (secondary N) is 1. The molecular weight excluding hydrogens is 588 g/mol. The molecule has 2 aliphatic rings. The summed E-state index contributed by atoms with van der Waals surface area (Å²) in [5.41, 5.74) is 4.60. The molecule has 216 valence electrons. The van der Waals surface area contributed by atoms with Gasteiger partial charge in [-0.25, -0.2) is 4.79 Å². The zero-order valence-electron chi connectivity index (χ0n) is 23.8. The van der Waals surface area contributed by atoms with Crippen LogP contribution in [-0.4, -0.2) is 32.1 Å². The average Bonchev–Trinajstić information content (AvgIpc) is 2.95. The van der Waals surface area contributed by atoms with Gasteiger partial charge in [-0.15, -0.1) is 0 Å². The number of Topliss-reactive ketones (excluding diaryl/α,β-unsaturated/α-hetero) is 1. The molecule has 4 rings (SSSR count). The third kappa shape index (κ3) is 6.94. The smallest absolute Gasteiger partial charge is 0.343 e. The summed E-state index contributed by atoms with van der Waals surface area (Å²) in [5.74, 6) is 1.08. The van der Waals surface area contributed by atoms with Crippen LogP contribution in [0.3, 0.4) is 0 Å². The molecule has 0 radical (unpaired) electrons. The minimum Gasteiger partial charge on any atom is -0.490 e. The molecule has 0 saturated heterocycles. The minimum atomic E-state index is -0.478. The third-order valence-electron chi connectivity index (χ3n) is 7.29. The van der Waals surface area contributed by atoms with Crippen LogP contribution in [0.25, 0.3) is 0 Å². The second kappa shape index (κ2) is 13.7. The van der Waals surface area contributed by atoms with Crippen LogP contribution >= 0.6 is 15.9 Å². The first-order valence-electron chi connectivity index (χ1n) is 13.8. The van der Waals surface area contributed by atoms with Gasteiger partial charge in [0.25, 0.3) is 0 Å². The number of rotatable bonds is 11. The molecule has 0 spiro atoms. The lowest BCUT2D eigenvalue weighted by Crippen LogP contribution is -2.34. The first-order valence-corrected chi connectivity index (χ1v) is 14.6. The van der Waals surface area contributed by atoms with Gasteiger partial charge in [-0.1, -0.05) is 25.5 Å². The molecule has 0 bridgehead atoms. The molecule has 1 aliphatic heterocycles. The van der Waals surface area contributed by atoms with E-state index in [0.29, 0.717) is 51.8 Å². The summed E-state index contributed by atoms with van der Waals surface area (Å²) < 4.78 is 22.9. The minimum absolute atomic E-state index is 0.0934. The highest BCUT2D eigenvalue weighted by molar-refractivity contribution is 9.10. The van der Waals surface area contributed by atoms with Crippen LogP contribution in [0.5, 0.6) is 17.2 Å². The highest BCUT2D eigenvalue weighted by Crippen LogP contribution is 2.47. The summed E-state index contributed by atoms with van der Waals surface area (Å²) in [6.07, 6.45) is 3.32. The van der Waals surface area contributed by atoms with Gasteiger partial charge in [0.05, 0.1) is 35.7 Å². The summed E-state index contributed by atoms with van der Waals surface area (Å²) in [7, 11) is 1.31. The summed E-state index contributed by atoms with van der Waals surface area (Å²) in [6.45, 7) is 6.44. The molecule has 0 aromatic heterocycles. The van der Waals surface area contributed by atoms with Crippen molar-refractivity contribution in [3.8, 4) is 23.3 Å². The maximum Gasteiger partial charge on any atom is 0.343 e. The number of nitriles is 1. The molecule has 2 aromatic carbocycles. The Morgan fingerprint density at radius 2 is 1.88 bits per heavy atom. The van der Waals surface area contributed by atoms with Crippen molar-refractivity contribution in [2.24, 2.45) is 5.92 Å². The van der Waals surface area contributed by atoms with Crippen molar-refractivity contribution in [3.63, 3.8) is 0 Å². The van der Waals surface area contributed by atoms with Crippen molar-refractivity contribution >= 4 is 27.7 Å². The van der Waals surface area contributed by atoms with E-state index in [1.807, 2.05) is 38.1 Å². The van der Waals surface area contributed by atoms with Crippen molar-refractivity contribution < 1.29 is 28.5 Å². The Morgan fingerprint density at radius 3 is 2.54 bits per heavy atom. The third-order valence-corrected chi connectivity index (χ3v) is 7.87. The highest BCUT2D eigenvalue weighted by atomic mass is 79.9. The molecule has 1 heterocycles. The van der Waals surface area contributed by atoms with Crippen molar-refractivity contribution in [2.75, 3.05) is 20.3 Å². The fraction of sp³-hybridized carbons (Fsp3) is 0.406. The number of carbonyl (C=O) groups excluding carboxylic acids is 2.